The third-order valence-electron chi connectivity index (χ3n) is 6.53. The molecule has 5 nitrogen and oxygen atoms in total. The van der Waals surface area contributed by atoms with E-state index in [4.69, 9.17) is 0 Å². The van der Waals surface area contributed by atoms with Crippen LogP contribution in [0.1, 0.15) is 55.3 Å². The first-order valence-electron chi connectivity index (χ1n) is 13.3. The van der Waals surface area contributed by atoms with E-state index in [1.54, 1.807) is 0 Å². The van der Waals surface area contributed by atoms with Crippen molar-refractivity contribution in [1.82, 2.24) is 25.8 Å². The smallest absolute Gasteiger partial charge is 0.0541 e. The molecule has 0 spiro atoms. The van der Waals surface area contributed by atoms with Crippen molar-refractivity contribution in [2.24, 2.45) is 0 Å². The van der Waals surface area contributed by atoms with Crippen LogP contribution in [-0.2, 0) is 19.6 Å². The van der Waals surface area contributed by atoms with E-state index in [1.807, 2.05) is 18.3 Å². The van der Waals surface area contributed by atoms with Crippen molar-refractivity contribution in [3.05, 3.63) is 101 Å². The molecule has 35 heavy (non-hydrogen) atoms. The third kappa shape index (κ3) is 9.35. The summed E-state index contributed by atoms with van der Waals surface area (Å²) in [5.41, 5.74) is 6.58. The second kappa shape index (κ2) is 14.5. The van der Waals surface area contributed by atoms with E-state index >= 15 is 0 Å². The fourth-order valence-electron chi connectivity index (χ4n) is 4.69. The van der Waals surface area contributed by atoms with Gasteiger partial charge in [0, 0.05) is 57.9 Å². The van der Waals surface area contributed by atoms with Crippen LogP contribution >= 0.6 is 0 Å². The first-order chi connectivity index (χ1) is 17.3. The number of pyridine rings is 1. The predicted molar refractivity (Wildman–Crippen MR) is 146 cm³/mol. The van der Waals surface area contributed by atoms with E-state index in [-0.39, 0.29) is 0 Å². The van der Waals surface area contributed by atoms with Crippen LogP contribution in [0.3, 0.4) is 0 Å². The summed E-state index contributed by atoms with van der Waals surface area (Å²) in [6, 6.07) is 15.0. The normalized spacial score (nSPS) is 20.3. The number of hydrogen-bond donors (Lipinski definition) is 3. The Kier molecular flexibility index (Phi) is 10.4. The monoisotopic (exact) mass is 471 g/mol. The number of hydrogen-bond acceptors (Lipinski definition) is 5. The highest BCUT2D eigenvalue weighted by Gasteiger charge is 2.10. The van der Waals surface area contributed by atoms with Gasteiger partial charge in [-0.3, -0.25) is 4.98 Å². The van der Waals surface area contributed by atoms with E-state index in [9.17, 15) is 0 Å². The molecule has 1 aromatic heterocycles. The highest BCUT2D eigenvalue weighted by molar-refractivity contribution is 5.29. The second-order valence-corrected chi connectivity index (χ2v) is 9.63. The van der Waals surface area contributed by atoms with Crippen LogP contribution < -0.4 is 16.0 Å². The third-order valence-corrected chi connectivity index (χ3v) is 6.53. The molecule has 4 rings (SSSR count). The van der Waals surface area contributed by atoms with Crippen molar-refractivity contribution in [2.45, 2.75) is 58.2 Å². The van der Waals surface area contributed by atoms with Gasteiger partial charge in [0.15, 0.2) is 0 Å². The lowest BCUT2D eigenvalue weighted by atomic mass is 10.0. The number of benzene rings is 1. The summed E-state index contributed by atoms with van der Waals surface area (Å²) < 4.78 is 0. The number of fused-ring (bicyclic) bond motifs is 2. The Balaban J connectivity index is 1.38. The number of rotatable bonds is 6. The van der Waals surface area contributed by atoms with Gasteiger partial charge in [-0.25, -0.2) is 0 Å². The van der Waals surface area contributed by atoms with Gasteiger partial charge in [-0.15, -0.1) is 0 Å². The molecule has 1 aromatic carbocycles. The molecule has 0 saturated heterocycles. The Bertz CT molecular complexity index is 979. The van der Waals surface area contributed by atoms with Gasteiger partial charge in [0.1, 0.15) is 0 Å². The summed E-state index contributed by atoms with van der Waals surface area (Å²) in [5, 5.41) is 10.7. The molecule has 0 radical (unpaired) electrons. The molecular formula is C30H41N5. The summed E-state index contributed by atoms with van der Waals surface area (Å²) in [6.45, 7) is 6.63. The molecule has 0 aliphatic carbocycles. The standard InChI is InChI=1S/C30H41N5/c1-2-4-7-14-31-16-17-35(25-29-19-26(10-5-3-1)20-32-22-29)24-28-12-9-11-27(18-28)21-33-23-30-13-6-8-15-34-30/h5-6,8-13,15,18,20,25,31-33H,1-4,7,14,16-17,19,21-24H2/b10-5-,29-25-. The molecule has 3 heterocycles. The van der Waals surface area contributed by atoms with Crippen LogP contribution in [0.2, 0.25) is 0 Å². The molecule has 2 bridgehead atoms. The molecule has 5 heteroatoms. The minimum absolute atomic E-state index is 0.784. The molecule has 2 aliphatic heterocycles. The van der Waals surface area contributed by atoms with E-state index in [0.29, 0.717) is 0 Å². The minimum atomic E-state index is 0.784. The van der Waals surface area contributed by atoms with E-state index in [0.717, 1.165) is 57.9 Å². The molecule has 0 saturated carbocycles. The zero-order valence-electron chi connectivity index (χ0n) is 21.0. The molecule has 0 unspecified atom stereocenters. The first-order valence-corrected chi connectivity index (χ1v) is 13.3. The molecule has 186 valence electrons. The van der Waals surface area contributed by atoms with Crippen molar-refractivity contribution < 1.29 is 0 Å². The summed E-state index contributed by atoms with van der Waals surface area (Å²) in [7, 11) is 0. The van der Waals surface area contributed by atoms with Gasteiger partial charge in [0.05, 0.1) is 5.69 Å². The number of allylic oxidation sites excluding steroid dienone is 3. The fraction of sp³-hybridized carbons (Fsp3) is 0.433. The molecule has 0 atom stereocenters. The van der Waals surface area contributed by atoms with Gasteiger partial charge in [0.25, 0.3) is 0 Å². The van der Waals surface area contributed by atoms with E-state index < -0.39 is 0 Å². The fourth-order valence-corrected chi connectivity index (χ4v) is 4.69. The van der Waals surface area contributed by atoms with Crippen molar-refractivity contribution in [1.29, 1.82) is 0 Å². The summed E-state index contributed by atoms with van der Waals surface area (Å²) in [5.74, 6) is 0. The lowest BCUT2D eigenvalue weighted by molar-refractivity contribution is 0.358. The van der Waals surface area contributed by atoms with Crippen LogP contribution in [0.25, 0.3) is 0 Å². The molecule has 3 N–H and O–H groups in total. The van der Waals surface area contributed by atoms with Crippen LogP contribution in [0, 0.1) is 0 Å². The van der Waals surface area contributed by atoms with Crippen LogP contribution in [0.4, 0.5) is 0 Å². The molecule has 2 aliphatic rings. The van der Waals surface area contributed by atoms with Crippen molar-refractivity contribution >= 4 is 0 Å². The molecular weight excluding hydrogens is 430 g/mol. The van der Waals surface area contributed by atoms with Gasteiger partial charge in [-0.2, -0.15) is 0 Å². The van der Waals surface area contributed by atoms with Gasteiger partial charge in [-0.1, -0.05) is 55.3 Å². The van der Waals surface area contributed by atoms with Crippen LogP contribution in [-0.4, -0.2) is 36.1 Å². The summed E-state index contributed by atoms with van der Waals surface area (Å²) in [4.78, 5) is 6.89. The van der Waals surface area contributed by atoms with Gasteiger partial charge in [0.2, 0.25) is 0 Å². The first kappa shape index (κ1) is 25.2. The Morgan fingerprint density at radius 1 is 0.943 bits per heavy atom. The SMILES string of the molecule is C1=C2/C=C\CCCCCCNCCN(Cc3cccc(CNCc4ccccn4)c3)/C=C(\CN1)C2. The molecule has 0 amide bonds. The van der Waals surface area contributed by atoms with Crippen molar-refractivity contribution in [3.8, 4) is 0 Å². The lowest BCUT2D eigenvalue weighted by Gasteiger charge is -2.25. The Hall–Kier alpha value is -2.89. The van der Waals surface area contributed by atoms with Crippen molar-refractivity contribution in [2.75, 3.05) is 26.2 Å². The van der Waals surface area contributed by atoms with Gasteiger partial charge >= 0.3 is 0 Å². The maximum absolute atomic E-state index is 4.40. The Morgan fingerprint density at radius 2 is 1.89 bits per heavy atom. The number of nitrogens with zero attached hydrogens (tertiary/aromatic N) is 2. The highest BCUT2D eigenvalue weighted by Crippen LogP contribution is 2.18. The second-order valence-electron chi connectivity index (χ2n) is 9.63. The number of aromatic nitrogens is 1. The average Bonchev–Trinajstić information content (AvgIpc) is 2.88. The largest absolute Gasteiger partial charge is 0.387 e. The maximum Gasteiger partial charge on any atom is 0.0541 e. The van der Waals surface area contributed by atoms with Crippen LogP contribution in [0.5, 0.6) is 0 Å². The zero-order chi connectivity index (χ0) is 24.0. The summed E-state index contributed by atoms with van der Waals surface area (Å²) >= 11 is 0. The maximum atomic E-state index is 4.40. The van der Waals surface area contributed by atoms with Gasteiger partial charge in [-0.05, 0) is 66.6 Å². The summed E-state index contributed by atoms with van der Waals surface area (Å²) in [6.07, 6.45) is 18.5. The van der Waals surface area contributed by atoms with Crippen molar-refractivity contribution in [3.63, 3.8) is 0 Å². The molecule has 2 aromatic rings. The zero-order valence-corrected chi connectivity index (χ0v) is 21.0. The quantitative estimate of drug-likeness (QED) is 0.551. The molecule has 0 fully saturated rings. The van der Waals surface area contributed by atoms with E-state index in [2.05, 4.69) is 80.7 Å². The number of nitrogens with one attached hydrogen (secondary N) is 3. The average molecular weight is 472 g/mol. The highest BCUT2D eigenvalue weighted by atomic mass is 15.1. The Morgan fingerprint density at radius 3 is 2.83 bits per heavy atom. The van der Waals surface area contributed by atoms with Crippen LogP contribution in [0.15, 0.2) is 84.4 Å². The van der Waals surface area contributed by atoms with E-state index in [1.165, 1.54) is 54.4 Å². The Labute approximate surface area is 211 Å². The minimum Gasteiger partial charge on any atom is -0.387 e. The lowest BCUT2D eigenvalue weighted by Crippen LogP contribution is -2.30. The van der Waals surface area contributed by atoms with Gasteiger partial charge < -0.3 is 20.9 Å². The topological polar surface area (TPSA) is 52.2 Å². The predicted octanol–water partition coefficient (Wildman–Crippen LogP) is 5.04.